The van der Waals surface area contributed by atoms with Gasteiger partial charge in [0.05, 0.1) is 0 Å². The van der Waals surface area contributed by atoms with Gasteiger partial charge in [0.25, 0.3) is 0 Å². The molecule has 3 rings (SSSR count). The van der Waals surface area contributed by atoms with Gasteiger partial charge in [-0.2, -0.15) is 0 Å². The molecule has 0 heteroatoms. The minimum atomic E-state index is 0.604. The van der Waals surface area contributed by atoms with Crippen molar-refractivity contribution in [3.63, 3.8) is 0 Å². The van der Waals surface area contributed by atoms with Crippen LogP contribution in [0.2, 0.25) is 0 Å². The highest BCUT2D eigenvalue weighted by Crippen LogP contribution is 2.40. The van der Waals surface area contributed by atoms with Gasteiger partial charge in [-0.05, 0) is 77.6 Å². The lowest BCUT2D eigenvalue weighted by Gasteiger charge is -2.15. The molecule has 0 aliphatic heterocycles. The smallest absolute Gasteiger partial charge is 0.00231 e. The SMILES string of the molecule is C=C(C)C(=C)Cc1cccc2c(C(=C)CC3=C(C)C(C)CC3=C)cccc12. The molecule has 1 aliphatic rings. The van der Waals surface area contributed by atoms with Crippen molar-refractivity contribution >= 4 is 16.3 Å². The molecule has 27 heavy (non-hydrogen) atoms. The second-order valence-electron chi connectivity index (χ2n) is 8.03. The molecule has 0 radical (unpaired) electrons. The van der Waals surface area contributed by atoms with Crippen molar-refractivity contribution in [1.29, 1.82) is 0 Å². The van der Waals surface area contributed by atoms with Gasteiger partial charge in [-0.15, -0.1) is 0 Å². The second-order valence-corrected chi connectivity index (χ2v) is 8.03. The third-order valence-electron chi connectivity index (χ3n) is 5.99. The summed E-state index contributed by atoms with van der Waals surface area (Å²) < 4.78 is 0. The van der Waals surface area contributed by atoms with Gasteiger partial charge in [0.2, 0.25) is 0 Å². The van der Waals surface area contributed by atoms with E-state index in [0.717, 1.165) is 30.4 Å². The van der Waals surface area contributed by atoms with Crippen molar-refractivity contribution in [2.45, 2.75) is 40.0 Å². The monoisotopic (exact) mass is 354 g/mol. The fourth-order valence-electron chi connectivity index (χ4n) is 4.01. The van der Waals surface area contributed by atoms with E-state index in [4.69, 9.17) is 0 Å². The van der Waals surface area contributed by atoms with Crippen LogP contribution < -0.4 is 0 Å². The van der Waals surface area contributed by atoms with E-state index >= 15 is 0 Å². The Morgan fingerprint density at radius 3 is 2.30 bits per heavy atom. The summed E-state index contributed by atoms with van der Waals surface area (Å²) >= 11 is 0. The zero-order valence-electron chi connectivity index (χ0n) is 17.0. The van der Waals surface area contributed by atoms with Crippen molar-refractivity contribution < 1.29 is 0 Å². The maximum atomic E-state index is 4.44. The minimum absolute atomic E-state index is 0.604. The topological polar surface area (TPSA) is 0 Å². The van der Waals surface area contributed by atoms with E-state index in [1.54, 1.807) is 0 Å². The van der Waals surface area contributed by atoms with Crippen molar-refractivity contribution in [2.24, 2.45) is 5.92 Å². The Kier molecular flexibility index (Phi) is 5.37. The average molecular weight is 355 g/mol. The first-order chi connectivity index (χ1) is 12.8. The summed E-state index contributed by atoms with van der Waals surface area (Å²) in [4.78, 5) is 0. The molecule has 0 saturated heterocycles. The largest absolute Gasteiger partial charge is 0.0958 e. The van der Waals surface area contributed by atoms with E-state index in [1.807, 2.05) is 6.92 Å². The quantitative estimate of drug-likeness (QED) is 0.464. The molecule has 0 N–H and O–H groups in total. The van der Waals surface area contributed by atoms with Crippen molar-refractivity contribution in [3.8, 4) is 0 Å². The first kappa shape index (κ1) is 19.2. The summed E-state index contributed by atoms with van der Waals surface area (Å²) in [5.74, 6) is 0.604. The fourth-order valence-corrected chi connectivity index (χ4v) is 4.01. The van der Waals surface area contributed by atoms with Crippen molar-refractivity contribution in [1.82, 2.24) is 0 Å². The lowest BCUT2D eigenvalue weighted by molar-refractivity contribution is 0.716. The highest BCUT2D eigenvalue weighted by Gasteiger charge is 2.22. The second kappa shape index (κ2) is 7.56. The first-order valence-corrected chi connectivity index (χ1v) is 9.69. The molecule has 2 aromatic rings. The molecule has 1 atom stereocenters. The van der Waals surface area contributed by atoms with Gasteiger partial charge in [-0.3, -0.25) is 0 Å². The lowest BCUT2D eigenvalue weighted by Crippen LogP contribution is -1.95. The van der Waals surface area contributed by atoms with E-state index in [2.05, 4.69) is 76.6 Å². The van der Waals surface area contributed by atoms with Crippen LogP contribution in [0.5, 0.6) is 0 Å². The van der Waals surface area contributed by atoms with Crippen LogP contribution in [0.25, 0.3) is 16.3 Å². The predicted molar refractivity (Wildman–Crippen MR) is 121 cm³/mol. The van der Waals surface area contributed by atoms with Gasteiger partial charge in [0.1, 0.15) is 0 Å². The van der Waals surface area contributed by atoms with Crippen LogP contribution in [-0.2, 0) is 6.42 Å². The number of rotatable bonds is 6. The molecular weight excluding hydrogens is 324 g/mol. The summed E-state index contributed by atoms with van der Waals surface area (Å²) in [5, 5.41) is 2.55. The van der Waals surface area contributed by atoms with Gasteiger partial charge in [-0.25, -0.2) is 0 Å². The van der Waals surface area contributed by atoms with Gasteiger partial charge in [0.15, 0.2) is 0 Å². The summed E-state index contributed by atoms with van der Waals surface area (Å²) in [6, 6.07) is 13.1. The van der Waals surface area contributed by atoms with Crippen LogP contribution in [-0.4, -0.2) is 0 Å². The highest BCUT2D eigenvalue weighted by atomic mass is 14.3. The Bertz CT molecular complexity index is 994. The van der Waals surface area contributed by atoms with Gasteiger partial charge in [-0.1, -0.05) is 86.4 Å². The van der Waals surface area contributed by atoms with Crippen LogP contribution >= 0.6 is 0 Å². The number of hydrogen-bond donors (Lipinski definition) is 0. The summed E-state index contributed by atoms with van der Waals surface area (Å²) in [5.41, 5.74) is 9.98. The Balaban J connectivity index is 1.98. The van der Waals surface area contributed by atoms with Crippen molar-refractivity contribution in [2.75, 3.05) is 0 Å². The number of fused-ring (bicyclic) bond motifs is 1. The molecule has 0 fully saturated rings. The van der Waals surface area contributed by atoms with Gasteiger partial charge >= 0.3 is 0 Å². The third kappa shape index (κ3) is 3.76. The summed E-state index contributed by atoms with van der Waals surface area (Å²) in [6.07, 6.45) is 2.80. The van der Waals surface area contributed by atoms with E-state index in [-0.39, 0.29) is 0 Å². The molecule has 2 aromatic carbocycles. The minimum Gasteiger partial charge on any atom is -0.0958 e. The maximum Gasteiger partial charge on any atom is -0.00231 e. The number of benzene rings is 2. The van der Waals surface area contributed by atoms with Crippen LogP contribution in [0.15, 0.2) is 90.6 Å². The molecule has 1 aliphatic carbocycles. The van der Waals surface area contributed by atoms with Crippen LogP contribution in [0.1, 0.15) is 44.7 Å². The Morgan fingerprint density at radius 1 is 1.00 bits per heavy atom. The molecule has 0 aromatic heterocycles. The molecule has 0 nitrogen and oxygen atoms in total. The standard InChI is InChI=1S/C27H30/c1-17(2)18(3)15-23-10-8-13-26-24(11-9-12-25(23)26)21(6)16-27-20(5)14-19(4)22(27)7/h8-13,19H,1,3,5-6,14-16H2,2,4,7H3. The Labute approximate surface area is 164 Å². The Morgan fingerprint density at radius 2 is 1.67 bits per heavy atom. The summed E-state index contributed by atoms with van der Waals surface area (Å²) in [7, 11) is 0. The molecular formula is C27H30. The molecule has 0 bridgehead atoms. The molecule has 0 saturated carbocycles. The van der Waals surface area contributed by atoms with E-state index in [0.29, 0.717) is 5.92 Å². The van der Waals surface area contributed by atoms with Crippen molar-refractivity contribution in [3.05, 3.63) is 102 Å². The Hall–Kier alpha value is -2.60. The van der Waals surface area contributed by atoms with E-state index in [9.17, 15) is 0 Å². The third-order valence-corrected chi connectivity index (χ3v) is 5.99. The predicted octanol–water partition coefficient (Wildman–Crippen LogP) is 7.83. The lowest BCUT2D eigenvalue weighted by atomic mass is 9.90. The maximum absolute atomic E-state index is 4.44. The fraction of sp³-hybridized carbons (Fsp3) is 0.259. The number of hydrogen-bond acceptors (Lipinski definition) is 0. The number of allylic oxidation sites excluding steroid dienone is 6. The van der Waals surface area contributed by atoms with Gasteiger partial charge < -0.3 is 0 Å². The molecule has 0 spiro atoms. The zero-order valence-corrected chi connectivity index (χ0v) is 17.0. The zero-order chi connectivity index (χ0) is 19.7. The average Bonchev–Trinajstić information content (AvgIpc) is 2.87. The van der Waals surface area contributed by atoms with Crippen LogP contribution in [0.4, 0.5) is 0 Å². The molecule has 1 unspecified atom stereocenters. The highest BCUT2D eigenvalue weighted by molar-refractivity contribution is 5.96. The first-order valence-electron chi connectivity index (χ1n) is 9.69. The molecule has 138 valence electrons. The van der Waals surface area contributed by atoms with E-state index < -0.39 is 0 Å². The van der Waals surface area contributed by atoms with Gasteiger partial charge in [0, 0.05) is 0 Å². The van der Waals surface area contributed by atoms with E-state index in [1.165, 1.54) is 44.2 Å². The summed E-state index contributed by atoms with van der Waals surface area (Å²) in [6.45, 7) is 23.5. The normalized spacial score (nSPS) is 16.9. The molecule has 0 amide bonds. The molecule has 0 heterocycles. The van der Waals surface area contributed by atoms with Crippen LogP contribution in [0, 0.1) is 5.92 Å². The van der Waals surface area contributed by atoms with Crippen LogP contribution in [0.3, 0.4) is 0 Å².